The first-order valence-corrected chi connectivity index (χ1v) is 13.9. The molecule has 2 heterocycles. The summed E-state index contributed by atoms with van der Waals surface area (Å²) in [5.74, 6) is -0.997. The van der Waals surface area contributed by atoms with Crippen molar-refractivity contribution in [1.29, 1.82) is 0 Å². The Labute approximate surface area is 242 Å². The largest absolute Gasteiger partial charge is 0.496 e. The SMILES string of the molecule is COc1cccc(OC)c1C1=CC(C)(C(=O)O)CC(C(=O)O)=C1.O=C1CCCN1Cc1cccc(-c2cncs2)c1. The fourth-order valence-corrected chi connectivity index (χ4v) is 5.52. The van der Waals surface area contributed by atoms with Gasteiger partial charge in [-0.25, -0.2) is 4.79 Å². The zero-order valence-electron chi connectivity index (χ0n) is 23.1. The number of amides is 1. The van der Waals surface area contributed by atoms with Crippen LogP contribution in [0.3, 0.4) is 0 Å². The first kappa shape index (κ1) is 29.5. The van der Waals surface area contributed by atoms with E-state index in [1.807, 2.05) is 22.7 Å². The Balaban J connectivity index is 0.000000194. The third kappa shape index (κ3) is 6.83. The number of ether oxygens (including phenoxy) is 2. The Morgan fingerprint density at radius 2 is 1.80 bits per heavy atom. The van der Waals surface area contributed by atoms with Gasteiger partial charge in [0.1, 0.15) is 11.5 Å². The zero-order valence-corrected chi connectivity index (χ0v) is 23.9. The number of methoxy groups -OCH3 is 2. The molecular formula is C31H32N2O7S. The highest BCUT2D eigenvalue weighted by Gasteiger charge is 2.37. The van der Waals surface area contributed by atoms with Crippen molar-refractivity contribution in [3.05, 3.63) is 83.0 Å². The first-order chi connectivity index (χ1) is 19.6. The molecule has 1 amide bonds. The number of carbonyl (C=O) groups is 3. The molecule has 0 radical (unpaired) electrons. The Hall–Kier alpha value is -4.44. The van der Waals surface area contributed by atoms with Gasteiger partial charge in [-0.15, -0.1) is 11.3 Å². The Morgan fingerprint density at radius 1 is 1.10 bits per heavy atom. The van der Waals surface area contributed by atoms with E-state index in [0.717, 1.165) is 19.5 Å². The summed E-state index contributed by atoms with van der Waals surface area (Å²) in [6.45, 7) is 3.11. The number of hydrogen-bond donors (Lipinski definition) is 2. The molecule has 0 saturated carbocycles. The monoisotopic (exact) mass is 576 g/mol. The molecule has 1 saturated heterocycles. The quantitative estimate of drug-likeness (QED) is 0.359. The highest BCUT2D eigenvalue weighted by molar-refractivity contribution is 7.13. The number of nitrogens with zero attached hydrogens (tertiary/aromatic N) is 2. The van der Waals surface area contributed by atoms with Crippen LogP contribution < -0.4 is 9.47 Å². The lowest BCUT2D eigenvalue weighted by Crippen LogP contribution is -2.29. The number of likely N-dealkylation sites (tertiary alicyclic amines) is 1. The topological polar surface area (TPSA) is 126 Å². The van der Waals surface area contributed by atoms with Crippen LogP contribution in [-0.2, 0) is 20.9 Å². The fraction of sp³-hybridized carbons (Fsp3) is 0.290. The molecule has 1 aliphatic carbocycles. The third-order valence-corrected chi connectivity index (χ3v) is 7.85. The van der Waals surface area contributed by atoms with E-state index in [0.29, 0.717) is 29.1 Å². The Kier molecular flexibility index (Phi) is 9.24. The second-order valence-corrected chi connectivity index (χ2v) is 10.9. The van der Waals surface area contributed by atoms with Crippen molar-refractivity contribution < 1.29 is 34.1 Å². The number of carboxylic acid groups (broad SMARTS) is 2. The number of rotatable bonds is 8. The molecule has 1 atom stereocenters. The normalized spacial score (nSPS) is 18.1. The number of aliphatic carboxylic acids is 2. The molecule has 2 aromatic carbocycles. The molecule has 1 aromatic heterocycles. The minimum Gasteiger partial charge on any atom is -0.496 e. The molecule has 41 heavy (non-hydrogen) atoms. The van der Waals surface area contributed by atoms with Crippen LogP contribution in [0.15, 0.2) is 71.9 Å². The van der Waals surface area contributed by atoms with Crippen LogP contribution in [0.2, 0.25) is 0 Å². The number of benzene rings is 2. The molecule has 1 aliphatic heterocycles. The Morgan fingerprint density at radius 3 is 2.37 bits per heavy atom. The maximum absolute atomic E-state index is 11.6. The van der Waals surface area contributed by atoms with Gasteiger partial charge in [0.25, 0.3) is 0 Å². The summed E-state index contributed by atoms with van der Waals surface area (Å²) in [5.41, 5.74) is 3.91. The van der Waals surface area contributed by atoms with Gasteiger partial charge in [-0.1, -0.05) is 30.3 Å². The first-order valence-electron chi connectivity index (χ1n) is 13.0. The van der Waals surface area contributed by atoms with E-state index < -0.39 is 17.4 Å². The van der Waals surface area contributed by atoms with Crippen LogP contribution in [-0.4, -0.2) is 58.7 Å². The van der Waals surface area contributed by atoms with E-state index in [1.165, 1.54) is 43.2 Å². The van der Waals surface area contributed by atoms with Crippen molar-refractivity contribution in [3.8, 4) is 21.9 Å². The number of hydrogen-bond acceptors (Lipinski definition) is 7. The smallest absolute Gasteiger partial charge is 0.331 e. The van der Waals surface area contributed by atoms with Crippen molar-refractivity contribution in [1.82, 2.24) is 9.88 Å². The van der Waals surface area contributed by atoms with Crippen LogP contribution in [0.25, 0.3) is 16.0 Å². The van der Waals surface area contributed by atoms with Crippen molar-refractivity contribution in [2.45, 2.75) is 32.7 Å². The van der Waals surface area contributed by atoms with E-state index in [2.05, 4.69) is 23.2 Å². The average molecular weight is 577 g/mol. The van der Waals surface area contributed by atoms with Gasteiger partial charge in [0.15, 0.2) is 0 Å². The maximum Gasteiger partial charge on any atom is 0.331 e. The van der Waals surface area contributed by atoms with Crippen LogP contribution in [0.5, 0.6) is 11.5 Å². The van der Waals surface area contributed by atoms with Crippen molar-refractivity contribution in [3.63, 3.8) is 0 Å². The average Bonchev–Trinajstić information content (AvgIpc) is 3.65. The molecule has 214 valence electrons. The lowest BCUT2D eigenvalue weighted by molar-refractivity contribution is -0.145. The second kappa shape index (κ2) is 12.8. The van der Waals surface area contributed by atoms with Crippen LogP contribution in [0, 0.1) is 5.41 Å². The Bertz CT molecular complexity index is 1470. The van der Waals surface area contributed by atoms with Crippen LogP contribution in [0.1, 0.15) is 37.3 Å². The minimum absolute atomic E-state index is 0.0281. The summed E-state index contributed by atoms with van der Waals surface area (Å²) in [5, 5.41) is 18.8. The van der Waals surface area contributed by atoms with Gasteiger partial charge >= 0.3 is 11.9 Å². The molecule has 2 N–H and O–H groups in total. The summed E-state index contributed by atoms with van der Waals surface area (Å²) in [6, 6.07) is 13.5. The summed E-state index contributed by atoms with van der Waals surface area (Å²) in [4.78, 5) is 41.8. The summed E-state index contributed by atoms with van der Waals surface area (Å²) >= 11 is 1.64. The number of allylic oxidation sites excluding steroid dienone is 2. The van der Waals surface area contributed by atoms with E-state index in [4.69, 9.17) is 9.47 Å². The minimum atomic E-state index is -1.32. The number of thiazole rings is 1. The lowest BCUT2D eigenvalue weighted by Gasteiger charge is -2.27. The molecule has 3 aromatic rings. The molecule has 9 nitrogen and oxygen atoms in total. The predicted molar refractivity (Wildman–Crippen MR) is 156 cm³/mol. The van der Waals surface area contributed by atoms with Gasteiger partial charge in [0.2, 0.25) is 5.91 Å². The van der Waals surface area contributed by atoms with Gasteiger partial charge in [-0.05, 0) is 60.7 Å². The molecule has 5 rings (SSSR count). The van der Waals surface area contributed by atoms with Crippen molar-refractivity contribution in [2.75, 3.05) is 20.8 Å². The van der Waals surface area contributed by atoms with Gasteiger partial charge in [-0.2, -0.15) is 0 Å². The summed E-state index contributed by atoms with van der Waals surface area (Å²) < 4.78 is 10.6. The van der Waals surface area contributed by atoms with E-state index >= 15 is 0 Å². The number of carboxylic acids is 2. The van der Waals surface area contributed by atoms with Crippen molar-refractivity contribution >= 4 is 34.8 Å². The molecular weight excluding hydrogens is 544 g/mol. The fourth-order valence-electron chi connectivity index (χ4n) is 4.90. The zero-order chi connectivity index (χ0) is 29.6. The molecule has 1 unspecified atom stereocenters. The standard InChI is InChI=1S/C17H18O6.C14H14N2OS/c1-17(16(20)21)8-10(7-11(9-17)15(18)19)14-12(22-2)5-4-6-13(14)23-3;17-14-5-2-6-16(14)9-11-3-1-4-12(7-11)13-8-15-10-18-13/h4-8H,9H2,1-3H3,(H,18,19)(H,20,21);1,3-4,7-8,10H,2,5-6,9H2. The van der Waals surface area contributed by atoms with Gasteiger partial charge in [-0.3, -0.25) is 14.6 Å². The number of aromatic nitrogens is 1. The predicted octanol–water partition coefficient (Wildman–Crippen LogP) is 5.53. The molecule has 0 bridgehead atoms. The highest BCUT2D eigenvalue weighted by Crippen LogP contribution is 2.43. The summed E-state index contributed by atoms with van der Waals surface area (Å²) in [7, 11) is 2.97. The van der Waals surface area contributed by atoms with Gasteiger partial charge in [0.05, 0.1) is 35.6 Å². The van der Waals surface area contributed by atoms with E-state index in [9.17, 15) is 24.6 Å². The summed E-state index contributed by atoms with van der Waals surface area (Å²) in [6.07, 6.45) is 6.50. The van der Waals surface area contributed by atoms with Crippen LogP contribution >= 0.6 is 11.3 Å². The maximum atomic E-state index is 11.6. The molecule has 10 heteroatoms. The van der Waals surface area contributed by atoms with Crippen molar-refractivity contribution in [2.24, 2.45) is 5.41 Å². The molecule has 0 spiro atoms. The van der Waals surface area contributed by atoms with E-state index in [1.54, 1.807) is 35.6 Å². The van der Waals surface area contributed by atoms with Crippen LogP contribution in [0.4, 0.5) is 0 Å². The number of carbonyl (C=O) groups excluding carboxylic acids is 1. The lowest BCUT2D eigenvalue weighted by atomic mass is 9.76. The second-order valence-electron chi connectivity index (χ2n) is 10.00. The van der Waals surface area contributed by atoms with Gasteiger partial charge < -0.3 is 24.6 Å². The van der Waals surface area contributed by atoms with Gasteiger partial charge in [0, 0.05) is 31.3 Å². The highest BCUT2D eigenvalue weighted by atomic mass is 32.1. The molecule has 1 fully saturated rings. The third-order valence-electron chi connectivity index (χ3n) is 7.03. The van der Waals surface area contributed by atoms with E-state index in [-0.39, 0.29) is 17.9 Å². The molecule has 2 aliphatic rings.